The van der Waals surface area contributed by atoms with Gasteiger partial charge in [-0.3, -0.25) is 0 Å². The van der Waals surface area contributed by atoms with Gasteiger partial charge in [-0.1, -0.05) is 98.2 Å². The first-order valence-corrected chi connectivity index (χ1v) is 12.4. The monoisotopic (exact) mass is 458 g/mol. The van der Waals surface area contributed by atoms with Crippen molar-refractivity contribution in [1.82, 2.24) is 4.98 Å². The van der Waals surface area contributed by atoms with Gasteiger partial charge < -0.3 is 9.64 Å². The van der Waals surface area contributed by atoms with Crippen LogP contribution < -0.4 is 9.64 Å². The quantitative estimate of drug-likeness (QED) is 0.172. The van der Waals surface area contributed by atoms with Crippen molar-refractivity contribution in [3.05, 3.63) is 83.9 Å². The second-order valence-electron chi connectivity index (χ2n) is 8.13. The van der Waals surface area contributed by atoms with E-state index in [9.17, 15) is 0 Å². The van der Waals surface area contributed by atoms with Crippen molar-refractivity contribution in [2.45, 2.75) is 45.7 Å². The standard InChI is InChI=1S/C27H30N4OS/c1-2-3-4-11-16-32-25-17-24-26(18-23(25)30-28)33-27(29-24)31(19-21-12-7-5-8-13-21)20-22-14-9-6-10-15-22/h5-10,12-15,17-18,28H,2-4,11,16,19-20H2,1H3. The largest absolute Gasteiger partial charge is 0.491 e. The number of aromatic nitrogens is 1. The Bertz CT molecular complexity index is 1120. The van der Waals surface area contributed by atoms with E-state index in [2.05, 4.69) is 65.5 Å². The van der Waals surface area contributed by atoms with Gasteiger partial charge in [-0.2, -0.15) is 5.11 Å². The summed E-state index contributed by atoms with van der Waals surface area (Å²) in [5.74, 6) is 0.642. The maximum atomic E-state index is 7.61. The Morgan fingerprint density at radius 1 is 0.909 bits per heavy atom. The summed E-state index contributed by atoms with van der Waals surface area (Å²) in [6.07, 6.45) is 4.57. The third-order valence-electron chi connectivity index (χ3n) is 5.54. The fourth-order valence-corrected chi connectivity index (χ4v) is 4.76. The fraction of sp³-hybridized carbons (Fsp3) is 0.296. The molecule has 4 aromatic rings. The van der Waals surface area contributed by atoms with Gasteiger partial charge in [0.05, 0.1) is 16.8 Å². The highest BCUT2D eigenvalue weighted by Gasteiger charge is 2.16. The lowest BCUT2D eigenvalue weighted by Gasteiger charge is -2.22. The topological polar surface area (TPSA) is 61.6 Å². The van der Waals surface area contributed by atoms with Crippen molar-refractivity contribution >= 4 is 32.4 Å². The van der Waals surface area contributed by atoms with Gasteiger partial charge in [0, 0.05) is 19.2 Å². The molecule has 0 atom stereocenters. The van der Waals surface area contributed by atoms with E-state index in [-0.39, 0.29) is 0 Å². The summed E-state index contributed by atoms with van der Waals surface area (Å²) in [5.41, 5.74) is 11.5. The smallest absolute Gasteiger partial charge is 0.187 e. The Hall–Kier alpha value is -3.25. The summed E-state index contributed by atoms with van der Waals surface area (Å²) in [4.78, 5) is 7.26. The molecular formula is C27H30N4OS. The average molecular weight is 459 g/mol. The summed E-state index contributed by atoms with van der Waals surface area (Å²) < 4.78 is 7.00. The number of fused-ring (bicyclic) bond motifs is 1. The molecule has 1 N–H and O–H groups in total. The van der Waals surface area contributed by atoms with Crippen LogP contribution in [-0.4, -0.2) is 11.6 Å². The minimum absolute atomic E-state index is 0.561. The first kappa shape index (κ1) is 22.9. The zero-order valence-corrected chi connectivity index (χ0v) is 19.9. The second kappa shape index (κ2) is 11.6. The minimum atomic E-state index is 0.561. The molecule has 0 spiro atoms. The molecule has 0 unspecified atom stereocenters. The minimum Gasteiger partial charge on any atom is -0.491 e. The number of nitrogens with one attached hydrogen (secondary N) is 1. The van der Waals surface area contributed by atoms with E-state index in [1.54, 1.807) is 11.3 Å². The van der Waals surface area contributed by atoms with Crippen molar-refractivity contribution in [3.8, 4) is 5.75 Å². The number of unbranched alkanes of at least 4 members (excludes halogenated alkanes) is 3. The second-order valence-corrected chi connectivity index (χ2v) is 9.14. The summed E-state index contributed by atoms with van der Waals surface area (Å²) >= 11 is 1.63. The molecule has 4 rings (SSSR count). The fourth-order valence-electron chi connectivity index (χ4n) is 3.78. The van der Waals surface area contributed by atoms with Crippen LogP contribution in [0.4, 0.5) is 10.8 Å². The van der Waals surface area contributed by atoms with Crippen LogP contribution in [-0.2, 0) is 13.1 Å². The number of hydrogen-bond donors (Lipinski definition) is 1. The predicted molar refractivity (Wildman–Crippen MR) is 137 cm³/mol. The molecule has 0 radical (unpaired) electrons. The molecule has 6 heteroatoms. The van der Waals surface area contributed by atoms with Gasteiger partial charge in [0.2, 0.25) is 0 Å². The van der Waals surface area contributed by atoms with E-state index in [1.165, 1.54) is 24.0 Å². The highest BCUT2D eigenvalue weighted by Crippen LogP contribution is 2.38. The van der Waals surface area contributed by atoms with Gasteiger partial charge in [0.15, 0.2) is 5.13 Å². The Kier molecular flexibility index (Phi) is 8.04. The summed E-state index contributed by atoms with van der Waals surface area (Å²) in [7, 11) is 0. The molecule has 1 heterocycles. The molecule has 170 valence electrons. The summed E-state index contributed by atoms with van der Waals surface area (Å²) in [6, 6.07) is 24.8. The third kappa shape index (κ3) is 6.17. The summed E-state index contributed by atoms with van der Waals surface area (Å²) in [5, 5.41) is 4.67. The number of thiazole rings is 1. The molecule has 33 heavy (non-hydrogen) atoms. The van der Waals surface area contributed by atoms with E-state index >= 15 is 0 Å². The first-order chi connectivity index (χ1) is 16.3. The number of anilines is 1. The Morgan fingerprint density at radius 2 is 1.58 bits per heavy atom. The molecule has 5 nitrogen and oxygen atoms in total. The average Bonchev–Trinajstić information content (AvgIpc) is 3.27. The van der Waals surface area contributed by atoms with Crippen molar-refractivity contribution < 1.29 is 4.74 Å². The van der Waals surface area contributed by atoms with Crippen LogP contribution in [0.3, 0.4) is 0 Å². The first-order valence-electron chi connectivity index (χ1n) is 11.5. The number of nitrogens with zero attached hydrogens (tertiary/aromatic N) is 3. The molecule has 0 aliphatic carbocycles. The van der Waals surface area contributed by atoms with Crippen LogP contribution in [0.15, 0.2) is 77.9 Å². The van der Waals surface area contributed by atoms with E-state index in [0.29, 0.717) is 18.0 Å². The van der Waals surface area contributed by atoms with Gasteiger partial charge in [0.25, 0.3) is 0 Å². The van der Waals surface area contributed by atoms with Crippen molar-refractivity contribution in [3.63, 3.8) is 0 Å². The molecule has 0 amide bonds. The molecule has 0 aliphatic heterocycles. The SMILES string of the molecule is CCCCCCOc1cc2nc(N(Cc3ccccc3)Cc3ccccc3)sc2cc1N=N. The highest BCUT2D eigenvalue weighted by atomic mass is 32.1. The van der Waals surface area contributed by atoms with Crippen molar-refractivity contribution in [2.24, 2.45) is 5.11 Å². The Balaban J connectivity index is 1.60. The lowest BCUT2D eigenvalue weighted by Crippen LogP contribution is -2.21. The normalized spacial score (nSPS) is 10.9. The number of rotatable bonds is 12. The van der Waals surface area contributed by atoms with E-state index in [1.807, 2.05) is 24.3 Å². The maximum Gasteiger partial charge on any atom is 0.187 e. The van der Waals surface area contributed by atoms with Gasteiger partial charge in [-0.05, 0) is 23.6 Å². The zero-order valence-electron chi connectivity index (χ0n) is 19.0. The lowest BCUT2D eigenvalue weighted by atomic mass is 10.2. The van der Waals surface area contributed by atoms with E-state index in [4.69, 9.17) is 15.3 Å². The Labute approximate surface area is 199 Å². The molecule has 0 saturated carbocycles. The third-order valence-corrected chi connectivity index (χ3v) is 6.62. The summed E-state index contributed by atoms with van der Waals surface area (Å²) in [6.45, 7) is 4.38. The molecular weight excluding hydrogens is 428 g/mol. The van der Waals surface area contributed by atoms with Crippen LogP contribution in [0, 0.1) is 5.53 Å². The predicted octanol–water partition coefficient (Wildman–Crippen LogP) is 8.12. The molecule has 1 aromatic heterocycles. The molecule has 0 bridgehead atoms. The number of hydrogen-bond acceptors (Lipinski definition) is 6. The number of ether oxygens (including phenoxy) is 1. The van der Waals surface area contributed by atoms with Crippen LogP contribution in [0.5, 0.6) is 5.75 Å². The molecule has 0 saturated heterocycles. The van der Waals surface area contributed by atoms with Crippen LogP contribution in [0.25, 0.3) is 10.2 Å². The van der Waals surface area contributed by atoms with Gasteiger partial charge in [-0.25, -0.2) is 10.5 Å². The van der Waals surface area contributed by atoms with Crippen LogP contribution in [0.2, 0.25) is 0 Å². The van der Waals surface area contributed by atoms with Crippen LogP contribution in [0.1, 0.15) is 43.7 Å². The van der Waals surface area contributed by atoms with Crippen molar-refractivity contribution in [2.75, 3.05) is 11.5 Å². The van der Waals surface area contributed by atoms with E-state index in [0.717, 1.165) is 41.3 Å². The van der Waals surface area contributed by atoms with Gasteiger partial charge >= 0.3 is 0 Å². The highest BCUT2D eigenvalue weighted by molar-refractivity contribution is 7.22. The van der Waals surface area contributed by atoms with Gasteiger partial charge in [0.1, 0.15) is 11.4 Å². The maximum absolute atomic E-state index is 7.61. The molecule has 0 aliphatic rings. The Morgan fingerprint density at radius 3 is 2.18 bits per heavy atom. The zero-order chi connectivity index (χ0) is 22.9. The molecule has 3 aromatic carbocycles. The van der Waals surface area contributed by atoms with Gasteiger partial charge in [-0.15, -0.1) is 0 Å². The van der Waals surface area contributed by atoms with Crippen LogP contribution >= 0.6 is 11.3 Å². The van der Waals surface area contributed by atoms with E-state index < -0.39 is 0 Å². The number of benzene rings is 3. The lowest BCUT2D eigenvalue weighted by molar-refractivity contribution is 0.306. The van der Waals surface area contributed by atoms with Crippen molar-refractivity contribution in [1.29, 1.82) is 5.53 Å². The molecule has 0 fully saturated rings.